The lowest BCUT2D eigenvalue weighted by atomic mass is 9.82. The second kappa shape index (κ2) is 6.31. The lowest BCUT2D eigenvalue weighted by molar-refractivity contribution is -0.140. The number of nitrogens with zero attached hydrogens (tertiary/aromatic N) is 3. The summed E-state index contributed by atoms with van der Waals surface area (Å²) >= 11 is 5.90. The van der Waals surface area contributed by atoms with Crippen molar-refractivity contribution in [2.75, 3.05) is 18.8 Å². The molecular formula is C18H20ClN3O4S. The van der Waals surface area contributed by atoms with Crippen LogP contribution in [-0.2, 0) is 14.6 Å². The van der Waals surface area contributed by atoms with E-state index in [9.17, 15) is 13.2 Å². The topological polar surface area (TPSA) is 93.4 Å². The molecule has 2 fully saturated rings. The van der Waals surface area contributed by atoms with Crippen LogP contribution < -0.4 is 0 Å². The Hall–Kier alpha value is -1.93. The molecule has 144 valence electrons. The molecule has 9 heteroatoms. The number of rotatable bonds is 3. The van der Waals surface area contributed by atoms with Gasteiger partial charge in [-0.05, 0) is 30.7 Å². The molecule has 1 aromatic carbocycles. The Labute approximate surface area is 162 Å². The van der Waals surface area contributed by atoms with Crippen molar-refractivity contribution in [1.29, 1.82) is 0 Å². The molecule has 0 radical (unpaired) electrons. The minimum Gasteiger partial charge on any atom is -0.339 e. The largest absolute Gasteiger partial charge is 0.339 e. The van der Waals surface area contributed by atoms with Crippen LogP contribution in [0.3, 0.4) is 0 Å². The maximum atomic E-state index is 12.8. The average molecular weight is 410 g/mol. The summed E-state index contributed by atoms with van der Waals surface area (Å²) in [4.78, 5) is 18.3. The van der Waals surface area contributed by atoms with E-state index in [0.717, 1.165) is 5.56 Å². The Morgan fingerprint density at radius 2 is 1.96 bits per heavy atom. The Kier molecular flexibility index (Phi) is 4.31. The highest BCUT2D eigenvalue weighted by atomic mass is 35.5. The number of sulfone groups is 1. The Balaban J connectivity index is 1.62. The van der Waals surface area contributed by atoms with Crippen LogP contribution in [0.1, 0.15) is 32.1 Å². The predicted octanol–water partition coefficient (Wildman–Crippen LogP) is 2.53. The number of benzene rings is 1. The van der Waals surface area contributed by atoms with E-state index in [0.29, 0.717) is 23.2 Å². The van der Waals surface area contributed by atoms with Crippen molar-refractivity contribution in [3.8, 4) is 11.4 Å². The van der Waals surface area contributed by atoms with Gasteiger partial charge in [-0.2, -0.15) is 4.98 Å². The fourth-order valence-corrected chi connectivity index (χ4v) is 6.37. The molecule has 1 spiro atoms. The second-order valence-corrected chi connectivity index (χ2v) is 10.4. The van der Waals surface area contributed by atoms with E-state index in [1.807, 2.05) is 13.8 Å². The number of aromatic nitrogens is 2. The SMILES string of the molecule is CC(C)C(=O)N1CC2(C1)C(c1nc(-c3ccc(Cl)cc3)no1)CCS2(=O)=O. The highest BCUT2D eigenvalue weighted by Gasteiger charge is 2.64. The van der Waals surface area contributed by atoms with Crippen molar-refractivity contribution in [3.63, 3.8) is 0 Å². The minimum atomic E-state index is -3.34. The quantitative estimate of drug-likeness (QED) is 0.773. The van der Waals surface area contributed by atoms with E-state index < -0.39 is 20.5 Å². The Morgan fingerprint density at radius 3 is 2.59 bits per heavy atom. The van der Waals surface area contributed by atoms with Crippen molar-refractivity contribution >= 4 is 27.3 Å². The molecule has 2 aromatic rings. The Morgan fingerprint density at radius 1 is 1.30 bits per heavy atom. The standard InChI is InChI=1S/C18H20ClN3O4S/c1-11(2)17(23)22-9-18(10-22)14(7-8-27(18,24)25)16-20-15(21-26-16)12-3-5-13(19)6-4-12/h3-6,11,14H,7-10H2,1-2H3. The summed E-state index contributed by atoms with van der Waals surface area (Å²) in [6.07, 6.45) is 0.425. The summed E-state index contributed by atoms with van der Waals surface area (Å²) in [5, 5.41) is 4.61. The van der Waals surface area contributed by atoms with E-state index >= 15 is 0 Å². The van der Waals surface area contributed by atoms with Crippen LogP contribution in [0, 0.1) is 5.92 Å². The fraction of sp³-hybridized carbons (Fsp3) is 0.500. The van der Waals surface area contributed by atoms with Gasteiger partial charge in [0.05, 0.1) is 11.7 Å². The van der Waals surface area contributed by atoms with Gasteiger partial charge in [-0.3, -0.25) is 4.79 Å². The van der Waals surface area contributed by atoms with Crippen LogP contribution >= 0.6 is 11.6 Å². The molecule has 0 N–H and O–H groups in total. The number of carbonyl (C=O) groups is 1. The molecule has 0 saturated carbocycles. The van der Waals surface area contributed by atoms with Gasteiger partial charge >= 0.3 is 0 Å². The monoisotopic (exact) mass is 409 g/mol. The van der Waals surface area contributed by atoms with E-state index in [2.05, 4.69) is 10.1 Å². The highest BCUT2D eigenvalue weighted by Crippen LogP contribution is 2.49. The minimum absolute atomic E-state index is 0.0335. The Bertz CT molecular complexity index is 978. The molecule has 7 nitrogen and oxygen atoms in total. The van der Waals surface area contributed by atoms with Gasteiger partial charge in [-0.25, -0.2) is 8.42 Å². The van der Waals surface area contributed by atoms with Gasteiger partial charge in [0.15, 0.2) is 9.84 Å². The second-order valence-electron chi connectivity index (χ2n) is 7.54. The lowest BCUT2D eigenvalue weighted by Gasteiger charge is -2.49. The molecule has 27 heavy (non-hydrogen) atoms. The summed E-state index contributed by atoms with van der Waals surface area (Å²) in [6, 6.07) is 7.03. The van der Waals surface area contributed by atoms with E-state index in [4.69, 9.17) is 16.1 Å². The zero-order valence-corrected chi connectivity index (χ0v) is 16.6. The van der Waals surface area contributed by atoms with Crippen LogP contribution in [0.2, 0.25) is 5.02 Å². The molecule has 1 atom stereocenters. The molecule has 0 aliphatic carbocycles. The van der Waals surface area contributed by atoms with Gasteiger partial charge < -0.3 is 9.42 Å². The highest BCUT2D eigenvalue weighted by molar-refractivity contribution is 7.93. The summed E-state index contributed by atoms with van der Waals surface area (Å²) in [7, 11) is -3.34. The van der Waals surface area contributed by atoms with Crippen LogP contribution in [0.15, 0.2) is 28.8 Å². The molecule has 2 saturated heterocycles. The third-order valence-corrected chi connectivity index (χ3v) is 8.30. The first-order valence-electron chi connectivity index (χ1n) is 8.84. The summed E-state index contributed by atoms with van der Waals surface area (Å²) in [5.41, 5.74) is 0.745. The van der Waals surface area contributed by atoms with Crippen molar-refractivity contribution in [2.45, 2.75) is 30.9 Å². The molecule has 2 aliphatic heterocycles. The van der Waals surface area contributed by atoms with Crippen molar-refractivity contribution in [2.24, 2.45) is 5.92 Å². The van der Waals surface area contributed by atoms with E-state index in [1.165, 1.54) is 0 Å². The van der Waals surface area contributed by atoms with Gasteiger partial charge in [0.2, 0.25) is 17.6 Å². The van der Waals surface area contributed by atoms with Gasteiger partial charge in [0, 0.05) is 29.6 Å². The van der Waals surface area contributed by atoms with Crippen molar-refractivity contribution in [3.05, 3.63) is 35.2 Å². The van der Waals surface area contributed by atoms with Crippen LogP contribution in [0.5, 0.6) is 0 Å². The maximum absolute atomic E-state index is 12.8. The zero-order chi connectivity index (χ0) is 19.4. The molecule has 1 unspecified atom stereocenters. The van der Waals surface area contributed by atoms with E-state index in [-0.39, 0.29) is 30.7 Å². The first-order valence-corrected chi connectivity index (χ1v) is 10.9. The first-order chi connectivity index (χ1) is 12.7. The number of carbonyl (C=O) groups excluding carboxylic acids is 1. The number of hydrogen-bond acceptors (Lipinski definition) is 6. The predicted molar refractivity (Wildman–Crippen MR) is 100 cm³/mol. The van der Waals surface area contributed by atoms with Gasteiger partial charge in [0.25, 0.3) is 0 Å². The average Bonchev–Trinajstić information content (AvgIpc) is 3.15. The number of amides is 1. The molecular weight excluding hydrogens is 390 g/mol. The fourth-order valence-electron chi connectivity index (χ4n) is 3.94. The van der Waals surface area contributed by atoms with Crippen LogP contribution in [-0.4, -0.2) is 53.0 Å². The molecule has 1 amide bonds. The summed E-state index contributed by atoms with van der Waals surface area (Å²) in [6.45, 7) is 4.00. The molecule has 2 aliphatic rings. The number of halogens is 1. The first kappa shape index (κ1) is 18.4. The van der Waals surface area contributed by atoms with Crippen LogP contribution in [0.25, 0.3) is 11.4 Å². The van der Waals surface area contributed by atoms with E-state index in [1.54, 1.807) is 29.2 Å². The van der Waals surface area contributed by atoms with Crippen LogP contribution in [0.4, 0.5) is 0 Å². The van der Waals surface area contributed by atoms with Crippen molar-refractivity contribution < 1.29 is 17.7 Å². The maximum Gasteiger partial charge on any atom is 0.231 e. The zero-order valence-electron chi connectivity index (χ0n) is 15.1. The van der Waals surface area contributed by atoms with Gasteiger partial charge in [-0.15, -0.1) is 0 Å². The van der Waals surface area contributed by atoms with Crippen molar-refractivity contribution in [1.82, 2.24) is 15.0 Å². The van der Waals surface area contributed by atoms with Gasteiger partial charge in [-0.1, -0.05) is 30.6 Å². The summed E-state index contributed by atoms with van der Waals surface area (Å²) < 4.78 is 29.9. The number of likely N-dealkylation sites (tertiary alicyclic amines) is 1. The molecule has 4 rings (SSSR count). The third kappa shape index (κ3) is 2.86. The lowest BCUT2D eigenvalue weighted by Crippen LogP contribution is -2.68. The summed E-state index contributed by atoms with van der Waals surface area (Å²) in [5.74, 6) is 0.194. The third-order valence-electron chi connectivity index (χ3n) is 5.49. The molecule has 1 aromatic heterocycles. The molecule has 0 bridgehead atoms. The van der Waals surface area contributed by atoms with Gasteiger partial charge in [0.1, 0.15) is 4.75 Å². The number of hydrogen-bond donors (Lipinski definition) is 0. The smallest absolute Gasteiger partial charge is 0.231 e. The molecule has 3 heterocycles. The normalized spacial score (nSPS) is 23.0.